The standard InChI is InChI=1S/C9H8O3S/c1-6(9(11)12)2-8-3-7(4-10)5-13-8/h2-5H,1H3,(H,11,12). The Bertz CT molecular complexity index is 363. The van der Waals surface area contributed by atoms with E-state index in [1.807, 2.05) is 0 Å². The lowest BCUT2D eigenvalue weighted by molar-refractivity contribution is -0.132. The minimum absolute atomic E-state index is 0.263. The summed E-state index contributed by atoms with van der Waals surface area (Å²) in [5.74, 6) is -0.943. The summed E-state index contributed by atoms with van der Waals surface area (Å²) in [7, 11) is 0. The van der Waals surface area contributed by atoms with Crippen molar-refractivity contribution in [3.63, 3.8) is 0 Å². The Labute approximate surface area is 79.3 Å². The van der Waals surface area contributed by atoms with Crippen LogP contribution in [0.15, 0.2) is 17.0 Å². The van der Waals surface area contributed by atoms with Crippen LogP contribution in [-0.4, -0.2) is 17.4 Å². The second-order valence-electron chi connectivity index (χ2n) is 2.53. The molecule has 1 rings (SSSR count). The van der Waals surface area contributed by atoms with Crippen LogP contribution < -0.4 is 0 Å². The van der Waals surface area contributed by atoms with E-state index in [2.05, 4.69) is 0 Å². The summed E-state index contributed by atoms with van der Waals surface area (Å²) in [5, 5.41) is 10.3. The van der Waals surface area contributed by atoms with E-state index in [1.54, 1.807) is 17.5 Å². The van der Waals surface area contributed by atoms with Gasteiger partial charge in [-0.15, -0.1) is 11.3 Å². The second kappa shape index (κ2) is 4.00. The molecule has 0 saturated heterocycles. The van der Waals surface area contributed by atoms with Crippen molar-refractivity contribution in [2.75, 3.05) is 0 Å². The topological polar surface area (TPSA) is 54.4 Å². The third-order valence-electron chi connectivity index (χ3n) is 1.47. The SMILES string of the molecule is CC(=Cc1cc(C=O)cs1)C(=O)O. The van der Waals surface area contributed by atoms with Gasteiger partial charge < -0.3 is 5.11 Å². The van der Waals surface area contributed by atoms with Crippen LogP contribution in [0.2, 0.25) is 0 Å². The second-order valence-corrected chi connectivity index (χ2v) is 3.48. The monoisotopic (exact) mass is 196 g/mol. The molecular weight excluding hydrogens is 188 g/mol. The number of carbonyl (C=O) groups is 2. The Hall–Kier alpha value is -1.42. The highest BCUT2D eigenvalue weighted by atomic mass is 32.1. The highest BCUT2D eigenvalue weighted by Gasteiger charge is 2.01. The summed E-state index contributed by atoms with van der Waals surface area (Å²) < 4.78 is 0. The van der Waals surface area contributed by atoms with Gasteiger partial charge in [-0.2, -0.15) is 0 Å². The average Bonchev–Trinajstić information content (AvgIpc) is 2.52. The van der Waals surface area contributed by atoms with E-state index in [-0.39, 0.29) is 5.57 Å². The molecule has 0 spiro atoms. The molecule has 0 bridgehead atoms. The molecule has 0 fully saturated rings. The molecule has 0 aliphatic carbocycles. The fourth-order valence-corrected chi connectivity index (χ4v) is 1.63. The van der Waals surface area contributed by atoms with Gasteiger partial charge in [0.2, 0.25) is 0 Å². The summed E-state index contributed by atoms with van der Waals surface area (Å²) in [6.45, 7) is 1.52. The largest absolute Gasteiger partial charge is 0.478 e. The maximum Gasteiger partial charge on any atom is 0.331 e. The maximum absolute atomic E-state index is 10.4. The minimum atomic E-state index is -0.943. The van der Waals surface area contributed by atoms with Gasteiger partial charge in [0.1, 0.15) is 0 Å². The van der Waals surface area contributed by atoms with Crippen molar-refractivity contribution in [3.05, 3.63) is 27.5 Å². The quantitative estimate of drug-likeness (QED) is 0.594. The normalized spacial score (nSPS) is 11.3. The van der Waals surface area contributed by atoms with Crippen molar-refractivity contribution in [1.29, 1.82) is 0 Å². The molecule has 0 aromatic carbocycles. The van der Waals surface area contributed by atoms with Crippen LogP contribution in [0, 0.1) is 0 Å². The van der Waals surface area contributed by atoms with Crippen molar-refractivity contribution >= 4 is 29.7 Å². The van der Waals surface area contributed by atoms with E-state index < -0.39 is 5.97 Å². The Morgan fingerprint density at radius 2 is 2.31 bits per heavy atom. The third kappa shape index (κ3) is 2.52. The number of thiophene rings is 1. The van der Waals surface area contributed by atoms with E-state index in [0.717, 1.165) is 11.2 Å². The molecule has 13 heavy (non-hydrogen) atoms. The summed E-state index contributed by atoms with van der Waals surface area (Å²) in [6, 6.07) is 1.66. The van der Waals surface area contributed by atoms with Gasteiger partial charge in [0.05, 0.1) is 0 Å². The molecule has 0 saturated carbocycles. The molecule has 68 valence electrons. The summed E-state index contributed by atoms with van der Waals surface area (Å²) in [5.41, 5.74) is 0.841. The molecule has 1 aromatic heterocycles. The number of hydrogen-bond donors (Lipinski definition) is 1. The molecule has 0 aliphatic rings. The number of carboxylic acid groups (broad SMARTS) is 1. The van der Waals surface area contributed by atoms with Crippen LogP contribution in [0.25, 0.3) is 6.08 Å². The van der Waals surface area contributed by atoms with E-state index in [0.29, 0.717) is 5.56 Å². The molecule has 1 aromatic rings. The van der Waals surface area contributed by atoms with Gasteiger partial charge in [-0.1, -0.05) is 0 Å². The molecule has 0 aliphatic heterocycles. The molecule has 0 unspecified atom stereocenters. The molecule has 1 N–H and O–H groups in total. The minimum Gasteiger partial charge on any atom is -0.478 e. The lowest BCUT2D eigenvalue weighted by atomic mass is 10.2. The van der Waals surface area contributed by atoms with Crippen LogP contribution in [0.1, 0.15) is 22.2 Å². The Balaban J connectivity index is 2.90. The number of rotatable bonds is 3. The van der Waals surface area contributed by atoms with Gasteiger partial charge in [-0.05, 0) is 19.1 Å². The van der Waals surface area contributed by atoms with Crippen molar-refractivity contribution in [3.8, 4) is 0 Å². The summed E-state index contributed by atoms with van der Waals surface area (Å²) >= 11 is 1.35. The number of aliphatic carboxylic acids is 1. The zero-order valence-corrected chi connectivity index (χ0v) is 7.80. The van der Waals surface area contributed by atoms with Gasteiger partial charge in [0, 0.05) is 21.4 Å². The molecule has 1 heterocycles. The fraction of sp³-hybridized carbons (Fsp3) is 0.111. The van der Waals surface area contributed by atoms with Gasteiger partial charge in [0.15, 0.2) is 6.29 Å². The summed E-state index contributed by atoms with van der Waals surface area (Å²) in [6.07, 6.45) is 2.28. The van der Waals surface area contributed by atoms with Crippen LogP contribution in [-0.2, 0) is 4.79 Å². The fourth-order valence-electron chi connectivity index (χ4n) is 0.781. The molecule has 0 amide bonds. The van der Waals surface area contributed by atoms with E-state index in [1.165, 1.54) is 18.3 Å². The van der Waals surface area contributed by atoms with E-state index in [9.17, 15) is 9.59 Å². The van der Waals surface area contributed by atoms with Gasteiger partial charge in [-0.25, -0.2) is 4.79 Å². The average molecular weight is 196 g/mol. The highest BCUT2D eigenvalue weighted by Crippen LogP contribution is 2.16. The third-order valence-corrected chi connectivity index (χ3v) is 2.37. The smallest absolute Gasteiger partial charge is 0.331 e. The van der Waals surface area contributed by atoms with E-state index in [4.69, 9.17) is 5.11 Å². The molecular formula is C9H8O3S. The predicted octanol–water partition coefficient (Wildman–Crippen LogP) is 2.05. The first-order valence-corrected chi connectivity index (χ1v) is 4.46. The first-order valence-electron chi connectivity index (χ1n) is 3.59. The van der Waals surface area contributed by atoms with Crippen LogP contribution in [0.5, 0.6) is 0 Å². The van der Waals surface area contributed by atoms with Crippen LogP contribution >= 0.6 is 11.3 Å². The first kappa shape index (κ1) is 9.67. The number of carbonyl (C=O) groups excluding carboxylic acids is 1. The van der Waals surface area contributed by atoms with Gasteiger partial charge in [-0.3, -0.25) is 4.79 Å². The zero-order chi connectivity index (χ0) is 9.84. The Morgan fingerprint density at radius 1 is 1.62 bits per heavy atom. The number of aldehydes is 1. The van der Waals surface area contributed by atoms with Gasteiger partial charge in [0.25, 0.3) is 0 Å². The molecule has 3 nitrogen and oxygen atoms in total. The zero-order valence-electron chi connectivity index (χ0n) is 6.98. The van der Waals surface area contributed by atoms with E-state index >= 15 is 0 Å². The number of hydrogen-bond acceptors (Lipinski definition) is 3. The lowest BCUT2D eigenvalue weighted by Crippen LogP contribution is -1.94. The first-order chi connectivity index (χ1) is 6.13. The van der Waals surface area contributed by atoms with Crippen LogP contribution in [0.4, 0.5) is 0 Å². The molecule has 4 heteroatoms. The molecule has 0 atom stereocenters. The van der Waals surface area contributed by atoms with Crippen molar-refractivity contribution in [2.24, 2.45) is 0 Å². The lowest BCUT2D eigenvalue weighted by Gasteiger charge is -1.89. The Kier molecular flexibility index (Phi) is 2.97. The maximum atomic E-state index is 10.4. The predicted molar refractivity (Wildman–Crippen MR) is 51.0 cm³/mol. The Morgan fingerprint density at radius 3 is 2.77 bits per heavy atom. The van der Waals surface area contributed by atoms with Crippen LogP contribution in [0.3, 0.4) is 0 Å². The summed E-state index contributed by atoms with van der Waals surface area (Å²) in [4.78, 5) is 21.5. The van der Waals surface area contributed by atoms with Crippen molar-refractivity contribution < 1.29 is 14.7 Å². The highest BCUT2D eigenvalue weighted by molar-refractivity contribution is 7.11. The number of carboxylic acids is 1. The molecule has 0 radical (unpaired) electrons. The van der Waals surface area contributed by atoms with Crippen molar-refractivity contribution in [2.45, 2.75) is 6.92 Å². The van der Waals surface area contributed by atoms with Crippen molar-refractivity contribution in [1.82, 2.24) is 0 Å². The van der Waals surface area contributed by atoms with Gasteiger partial charge >= 0.3 is 5.97 Å².